The van der Waals surface area contributed by atoms with Crippen molar-refractivity contribution in [1.29, 1.82) is 0 Å². The van der Waals surface area contributed by atoms with Gasteiger partial charge in [-0.15, -0.1) is 0 Å². The fraction of sp³-hybridized carbons (Fsp3) is 0.346. The Morgan fingerprint density at radius 1 is 0.931 bits per heavy atom. The number of likely N-dealkylation sites (N-methyl/N-ethyl adjacent to an activating group) is 1. The van der Waals surface area contributed by atoms with Crippen LogP contribution in [0.2, 0.25) is 0 Å². The molecule has 1 fully saturated rings. The van der Waals surface area contributed by atoms with E-state index in [0.29, 0.717) is 0 Å². The van der Waals surface area contributed by atoms with Crippen molar-refractivity contribution < 1.29 is 4.79 Å². The topological polar surface area (TPSA) is 23.6 Å². The predicted octanol–water partition coefficient (Wildman–Crippen LogP) is 5.22. The van der Waals surface area contributed by atoms with Crippen LogP contribution in [0.25, 0.3) is 0 Å². The van der Waals surface area contributed by atoms with Crippen LogP contribution >= 0.6 is 0 Å². The van der Waals surface area contributed by atoms with Crippen LogP contribution in [0, 0.1) is 0 Å². The molecule has 3 rings (SSSR count). The lowest BCUT2D eigenvalue weighted by atomic mass is 9.89. The number of likely N-dealkylation sites (tertiary alicyclic amines) is 1. The number of rotatable bonds is 7. The van der Waals surface area contributed by atoms with Crippen molar-refractivity contribution in [2.75, 3.05) is 20.1 Å². The minimum atomic E-state index is -0.309. The zero-order chi connectivity index (χ0) is 20.6. The van der Waals surface area contributed by atoms with Crippen LogP contribution < -0.4 is 0 Å². The highest BCUT2D eigenvalue weighted by atomic mass is 16.2. The molecule has 0 N–H and O–H groups in total. The van der Waals surface area contributed by atoms with E-state index in [1.807, 2.05) is 55.3 Å². The van der Waals surface area contributed by atoms with Crippen LogP contribution in [0.4, 0.5) is 0 Å². The van der Waals surface area contributed by atoms with Gasteiger partial charge in [0.1, 0.15) is 6.17 Å². The monoisotopic (exact) mass is 388 g/mol. The van der Waals surface area contributed by atoms with Gasteiger partial charge in [-0.3, -0.25) is 9.69 Å². The lowest BCUT2D eigenvalue weighted by molar-refractivity contribution is -0.134. The van der Waals surface area contributed by atoms with Gasteiger partial charge in [0.25, 0.3) is 0 Å². The van der Waals surface area contributed by atoms with Crippen LogP contribution in [0.3, 0.4) is 0 Å². The molecule has 29 heavy (non-hydrogen) atoms. The van der Waals surface area contributed by atoms with Crippen molar-refractivity contribution >= 4 is 5.91 Å². The van der Waals surface area contributed by atoms with E-state index in [1.54, 1.807) is 0 Å². The maximum absolute atomic E-state index is 13.9. The number of carbonyl (C=O) groups is 1. The molecule has 2 aromatic carbocycles. The Kier molecular flexibility index (Phi) is 7.42. The molecule has 1 unspecified atom stereocenters. The normalized spacial score (nSPS) is 16.5. The molecule has 0 saturated carbocycles. The number of benzene rings is 2. The number of nitrogens with zero attached hydrogens (tertiary/aromatic N) is 2. The molecule has 0 radical (unpaired) electrons. The number of amides is 1. The first-order valence-corrected chi connectivity index (χ1v) is 10.6. The van der Waals surface area contributed by atoms with Crippen molar-refractivity contribution in [3.05, 3.63) is 95.6 Å². The van der Waals surface area contributed by atoms with Crippen LogP contribution in [0.5, 0.6) is 0 Å². The van der Waals surface area contributed by atoms with Gasteiger partial charge in [-0.2, -0.15) is 0 Å². The summed E-state index contributed by atoms with van der Waals surface area (Å²) in [6, 6.07) is 20.2. The fourth-order valence-corrected chi connectivity index (χ4v) is 4.28. The van der Waals surface area contributed by atoms with Gasteiger partial charge < -0.3 is 4.90 Å². The second kappa shape index (κ2) is 10.2. The molecule has 152 valence electrons. The third-order valence-electron chi connectivity index (χ3n) is 5.70. The van der Waals surface area contributed by atoms with Gasteiger partial charge in [0.05, 0.1) is 5.92 Å². The Hall–Kier alpha value is -2.65. The first kappa shape index (κ1) is 21.1. The number of hydrogen-bond acceptors (Lipinski definition) is 2. The molecule has 1 heterocycles. The average molecular weight is 389 g/mol. The number of carbonyl (C=O) groups excluding carboxylic acids is 1. The van der Waals surface area contributed by atoms with E-state index in [9.17, 15) is 4.79 Å². The molecule has 1 amide bonds. The fourth-order valence-electron chi connectivity index (χ4n) is 4.28. The van der Waals surface area contributed by atoms with E-state index < -0.39 is 0 Å². The molecule has 1 aliphatic rings. The second-order valence-corrected chi connectivity index (χ2v) is 7.61. The van der Waals surface area contributed by atoms with Gasteiger partial charge in [0, 0.05) is 20.1 Å². The summed E-state index contributed by atoms with van der Waals surface area (Å²) in [5, 5.41) is 0. The highest BCUT2D eigenvalue weighted by Gasteiger charge is 2.34. The summed E-state index contributed by atoms with van der Waals surface area (Å²) in [5.74, 6) is -0.181. The van der Waals surface area contributed by atoms with Crippen molar-refractivity contribution in [2.24, 2.45) is 0 Å². The lowest BCUT2D eigenvalue weighted by Gasteiger charge is -2.38. The number of allylic oxidation sites excluding steroid dienone is 2. The summed E-state index contributed by atoms with van der Waals surface area (Å²) in [4.78, 5) is 18.3. The summed E-state index contributed by atoms with van der Waals surface area (Å²) in [6.45, 7) is 6.14. The van der Waals surface area contributed by atoms with Crippen molar-refractivity contribution in [3.63, 3.8) is 0 Å². The minimum absolute atomic E-state index is 0.0406. The third-order valence-corrected chi connectivity index (χ3v) is 5.70. The molecule has 2 aromatic rings. The standard InChI is InChI=1S/C26H32N2O/c1-4-14-21(5-2)25(28-19-12-13-20-28)27(3)26(29)24(22-15-8-6-9-16-22)23-17-10-7-11-18-23/h4-11,14-18,24-25H,12-13,19-20H2,1-3H3/b14-4-,21-5+. The molecular weight excluding hydrogens is 356 g/mol. The van der Waals surface area contributed by atoms with E-state index >= 15 is 0 Å². The van der Waals surface area contributed by atoms with Crippen molar-refractivity contribution in [1.82, 2.24) is 9.80 Å². The lowest BCUT2D eigenvalue weighted by Crippen LogP contribution is -2.50. The maximum Gasteiger partial charge on any atom is 0.235 e. The smallest absolute Gasteiger partial charge is 0.235 e. The highest BCUT2D eigenvalue weighted by Crippen LogP contribution is 2.30. The van der Waals surface area contributed by atoms with E-state index in [0.717, 1.165) is 24.2 Å². The SMILES string of the molecule is C/C=C\C(=C/C)C(N1CCCC1)N(C)C(=O)C(c1ccccc1)c1ccccc1. The van der Waals surface area contributed by atoms with E-state index in [2.05, 4.69) is 54.3 Å². The van der Waals surface area contributed by atoms with Gasteiger partial charge in [-0.1, -0.05) is 78.9 Å². The average Bonchev–Trinajstić information content (AvgIpc) is 3.29. The van der Waals surface area contributed by atoms with Gasteiger partial charge in [-0.25, -0.2) is 0 Å². The zero-order valence-electron chi connectivity index (χ0n) is 17.8. The summed E-state index contributed by atoms with van der Waals surface area (Å²) >= 11 is 0. The Bertz CT molecular complexity index is 796. The Morgan fingerprint density at radius 3 is 1.90 bits per heavy atom. The molecule has 0 aromatic heterocycles. The quantitative estimate of drug-likeness (QED) is 0.607. The molecule has 1 atom stereocenters. The first-order valence-electron chi connectivity index (χ1n) is 10.6. The summed E-state index contributed by atoms with van der Waals surface area (Å²) < 4.78 is 0. The molecule has 1 aliphatic heterocycles. The molecule has 1 saturated heterocycles. The summed E-state index contributed by atoms with van der Waals surface area (Å²) in [7, 11) is 1.96. The van der Waals surface area contributed by atoms with Crippen molar-refractivity contribution in [3.8, 4) is 0 Å². The van der Waals surface area contributed by atoms with Gasteiger partial charge in [0.15, 0.2) is 0 Å². The highest BCUT2D eigenvalue weighted by molar-refractivity contribution is 5.87. The Balaban J connectivity index is 2.00. The van der Waals surface area contributed by atoms with Crippen LogP contribution in [-0.2, 0) is 4.79 Å². The second-order valence-electron chi connectivity index (χ2n) is 7.61. The molecule has 3 heteroatoms. The van der Waals surface area contributed by atoms with Crippen molar-refractivity contribution in [2.45, 2.75) is 38.8 Å². The van der Waals surface area contributed by atoms with Crippen LogP contribution in [0.15, 0.2) is 84.5 Å². The maximum atomic E-state index is 13.9. The molecule has 0 spiro atoms. The predicted molar refractivity (Wildman–Crippen MR) is 121 cm³/mol. The molecular formula is C26H32N2O. The molecule has 0 bridgehead atoms. The molecule has 0 aliphatic carbocycles. The van der Waals surface area contributed by atoms with Gasteiger partial charge in [0.2, 0.25) is 5.91 Å². The van der Waals surface area contributed by atoms with Gasteiger partial charge in [-0.05, 0) is 43.4 Å². The largest absolute Gasteiger partial charge is 0.325 e. The third kappa shape index (κ3) is 4.86. The van der Waals surface area contributed by atoms with Crippen LogP contribution in [0.1, 0.15) is 43.7 Å². The van der Waals surface area contributed by atoms with E-state index in [-0.39, 0.29) is 18.0 Å². The zero-order valence-corrected chi connectivity index (χ0v) is 17.8. The van der Waals surface area contributed by atoms with Crippen LogP contribution in [-0.4, -0.2) is 42.0 Å². The Labute approximate surface area is 175 Å². The summed E-state index contributed by atoms with van der Waals surface area (Å²) in [5.41, 5.74) is 3.23. The van der Waals surface area contributed by atoms with Gasteiger partial charge >= 0.3 is 0 Å². The van der Waals surface area contributed by atoms with E-state index in [1.165, 1.54) is 18.4 Å². The Morgan fingerprint density at radius 2 is 1.45 bits per heavy atom. The molecule has 3 nitrogen and oxygen atoms in total. The number of hydrogen-bond donors (Lipinski definition) is 0. The first-order chi connectivity index (χ1) is 14.2. The minimum Gasteiger partial charge on any atom is -0.325 e. The summed E-state index contributed by atoms with van der Waals surface area (Å²) in [6.07, 6.45) is 8.65. The van der Waals surface area contributed by atoms with E-state index in [4.69, 9.17) is 0 Å².